The van der Waals surface area contributed by atoms with Crippen LogP contribution in [0.4, 0.5) is 5.69 Å². The third-order valence-corrected chi connectivity index (χ3v) is 7.65. The number of primary amides is 1. The predicted octanol–water partition coefficient (Wildman–Crippen LogP) is 5.69. The number of hydrogen-bond donors (Lipinski definition) is 2. The second-order valence-electron chi connectivity index (χ2n) is 9.81. The van der Waals surface area contributed by atoms with Crippen molar-refractivity contribution in [2.75, 3.05) is 5.32 Å². The Labute approximate surface area is 186 Å². The summed E-state index contributed by atoms with van der Waals surface area (Å²) in [6.45, 7) is 4.32. The number of Topliss-reactive ketones (excluding diaryl/α,β-unsaturated/α-hetero) is 1. The third kappa shape index (κ3) is 3.57. The predicted molar refractivity (Wildman–Crippen MR) is 127 cm³/mol. The highest BCUT2D eigenvalue weighted by Crippen LogP contribution is 2.43. The summed E-state index contributed by atoms with van der Waals surface area (Å²) in [5.74, 6) is -0.192. The molecule has 5 rings (SSSR count). The first-order chi connectivity index (χ1) is 14.8. The third-order valence-electron chi connectivity index (χ3n) is 6.73. The van der Waals surface area contributed by atoms with Crippen LogP contribution in [0.15, 0.2) is 29.6 Å². The van der Waals surface area contributed by atoms with E-state index in [4.69, 9.17) is 5.73 Å². The fourth-order valence-electron chi connectivity index (χ4n) is 5.32. The quantitative estimate of drug-likeness (QED) is 0.553. The van der Waals surface area contributed by atoms with Gasteiger partial charge in [-0.3, -0.25) is 9.59 Å². The highest BCUT2D eigenvalue weighted by atomic mass is 32.1. The topological polar surface area (TPSA) is 77.1 Å². The number of aromatic nitrogens is 1. The Bertz CT molecular complexity index is 1180. The number of carbonyl (C=O) groups is 2. The van der Waals surface area contributed by atoms with Gasteiger partial charge in [0.05, 0.1) is 21.3 Å². The summed E-state index contributed by atoms with van der Waals surface area (Å²) >= 11 is 1.63. The number of nitrogens with two attached hydrogens (primary N) is 1. The Morgan fingerprint density at radius 3 is 2.68 bits per heavy atom. The SMILES string of the molecule is CC1(C)CC(=O)c2c(n(-c3ccc(C(N)=O)c(NC4CCCCC4)c3)c3ccsc23)C1. The number of rotatable bonds is 4. The van der Waals surface area contributed by atoms with Crippen LogP contribution in [0.1, 0.15) is 78.8 Å². The zero-order valence-corrected chi connectivity index (χ0v) is 19.0. The van der Waals surface area contributed by atoms with E-state index in [9.17, 15) is 9.59 Å². The Morgan fingerprint density at radius 1 is 1.16 bits per heavy atom. The molecule has 5 nitrogen and oxygen atoms in total. The number of benzene rings is 1. The zero-order valence-electron chi connectivity index (χ0n) is 18.2. The molecule has 0 atom stereocenters. The van der Waals surface area contributed by atoms with Crippen LogP contribution in [0.3, 0.4) is 0 Å². The summed E-state index contributed by atoms with van der Waals surface area (Å²) in [6, 6.07) is 8.27. The van der Waals surface area contributed by atoms with Gasteiger partial charge in [-0.05, 0) is 54.3 Å². The molecule has 162 valence electrons. The van der Waals surface area contributed by atoms with Crippen molar-refractivity contribution in [2.24, 2.45) is 11.1 Å². The average Bonchev–Trinajstić information content (AvgIpc) is 3.27. The smallest absolute Gasteiger partial charge is 0.250 e. The molecule has 1 amide bonds. The van der Waals surface area contributed by atoms with Crippen molar-refractivity contribution in [3.05, 3.63) is 46.5 Å². The van der Waals surface area contributed by atoms with Gasteiger partial charge in [-0.15, -0.1) is 11.3 Å². The van der Waals surface area contributed by atoms with E-state index in [1.807, 2.05) is 23.6 Å². The molecule has 3 aromatic rings. The molecule has 0 radical (unpaired) electrons. The average molecular weight is 436 g/mol. The molecule has 1 aromatic carbocycles. The largest absolute Gasteiger partial charge is 0.382 e. The minimum Gasteiger partial charge on any atom is -0.382 e. The number of nitrogens with one attached hydrogen (secondary N) is 1. The van der Waals surface area contributed by atoms with Gasteiger partial charge >= 0.3 is 0 Å². The number of carbonyl (C=O) groups excluding carboxylic acids is 2. The normalized spacial score (nSPS) is 18.8. The molecule has 31 heavy (non-hydrogen) atoms. The summed E-state index contributed by atoms with van der Waals surface area (Å²) in [6.07, 6.45) is 7.33. The monoisotopic (exact) mass is 435 g/mol. The van der Waals surface area contributed by atoms with Crippen LogP contribution < -0.4 is 11.1 Å². The van der Waals surface area contributed by atoms with Gasteiger partial charge in [0.15, 0.2) is 5.78 Å². The summed E-state index contributed by atoms with van der Waals surface area (Å²) in [5.41, 5.74) is 10.9. The van der Waals surface area contributed by atoms with Crippen molar-refractivity contribution in [2.45, 2.75) is 64.8 Å². The van der Waals surface area contributed by atoms with Crippen molar-refractivity contribution in [3.63, 3.8) is 0 Å². The second kappa shape index (κ2) is 7.52. The Hall–Kier alpha value is -2.60. The van der Waals surface area contributed by atoms with Crippen molar-refractivity contribution in [1.82, 2.24) is 4.57 Å². The number of hydrogen-bond acceptors (Lipinski definition) is 4. The van der Waals surface area contributed by atoms with Crippen LogP contribution in [-0.2, 0) is 6.42 Å². The highest BCUT2D eigenvalue weighted by molar-refractivity contribution is 7.17. The summed E-state index contributed by atoms with van der Waals surface area (Å²) in [5, 5.41) is 5.65. The molecule has 1 fully saturated rings. The minimum atomic E-state index is -0.420. The van der Waals surface area contributed by atoms with Gasteiger partial charge in [-0.25, -0.2) is 0 Å². The molecular weight excluding hydrogens is 406 g/mol. The first-order valence-corrected chi connectivity index (χ1v) is 12.1. The molecule has 0 unspecified atom stereocenters. The van der Waals surface area contributed by atoms with Crippen LogP contribution in [0.2, 0.25) is 0 Å². The molecule has 2 heterocycles. The number of thiophene rings is 1. The molecule has 0 aliphatic heterocycles. The molecule has 0 saturated heterocycles. The fourth-order valence-corrected chi connectivity index (χ4v) is 6.28. The van der Waals surface area contributed by atoms with Crippen molar-refractivity contribution >= 4 is 38.9 Å². The van der Waals surface area contributed by atoms with Crippen molar-refractivity contribution in [3.8, 4) is 5.69 Å². The zero-order chi connectivity index (χ0) is 21.8. The number of amides is 1. The maximum absolute atomic E-state index is 13.1. The van der Waals surface area contributed by atoms with Crippen LogP contribution in [0.5, 0.6) is 0 Å². The second-order valence-corrected chi connectivity index (χ2v) is 10.7. The van der Waals surface area contributed by atoms with E-state index in [1.165, 1.54) is 19.3 Å². The van der Waals surface area contributed by atoms with E-state index in [0.717, 1.165) is 52.1 Å². The molecule has 0 bridgehead atoms. The first-order valence-electron chi connectivity index (χ1n) is 11.2. The van der Waals surface area contributed by atoms with Crippen LogP contribution in [0.25, 0.3) is 15.9 Å². The van der Waals surface area contributed by atoms with Crippen molar-refractivity contribution in [1.29, 1.82) is 0 Å². The van der Waals surface area contributed by atoms with Gasteiger partial charge in [-0.1, -0.05) is 33.1 Å². The van der Waals surface area contributed by atoms with Gasteiger partial charge in [0.1, 0.15) is 0 Å². The molecule has 0 spiro atoms. The van der Waals surface area contributed by atoms with E-state index in [-0.39, 0.29) is 11.2 Å². The molecule has 3 N–H and O–H groups in total. The molecule has 1 saturated carbocycles. The van der Waals surface area contributed by atoms with Crippen molar-refractivity contribution < 1.29 is 9.59 Å². The van der Waals surface area contributed by atoms with E-state index in [2.05, 4.69) is 29.8 Å². The van der Waals surface area contributed by atoms with E-state index in [0.29, 0.717) is 18.0 Å². The lowest BCUT2D eigenvalue weighted by atomic mass is 9.76. The van der Waals surface area contributed by atoms with E-state index >= 15 is 0 Å². The van der Waals surface area contributed by atoms with Crippen LogP contribution in [-0.4, -0.2) is 22.3 Å². The number of nitrogens with zero attached hydrogens (tertiary/aromatic N) is 1. The molecule has 6 heteroatoms. The molecule has 2 aliphatic carbocycles. The van der Waals surface area contributed by atoms with E-state index < -0.39 is 5.91 Å². The van der Waals surface area contributed by atoms with Gasteiger partial charge in [0, 0.05) is 29.5 Å². The Morgan fingerprint density at radius 2 is 1.94 bits per heavy atom. The lowest BCUT2D eigenvalue weighted by Crippen LogP contribution is -2.28. The van der Waals surface area contributed by atoms with Gasteiger partial charge < -0.3 is 15.6 Å². The van der Waals surface area contributed by atoms with Gasteiger partial charge in [0.25, 0.3) is 5.91 Å². The maximum Gasteiger partial charge on any atom is 0.250 e. The molecular formula is C25H29N3O2S. The number of ketones is 1. The fraction of sp³-hybridized carbons (Fsp3) is 0.440. The summed E-state index contributed by atoms with van der Waals surface area (Å²) in [4.78, 5) is 25.2. The van der Waals surface area contributed by atoms with Gasteiger partial charge in [0.2, 0.25) is 0 Å². The van der Waals surface area contributed by atoms with Crippen LogP contribution >= 0.6 is 11.3 Å². The van der Waals surface area contributed by atoms with E-state index in [1.54, 1.807) is 11.3 Å². The molecule has 2 aromatic heterocycles. The number of anilines is 1. The van der Waals surface area contributed by atoms with Crippen LogP contribution in [0, 0.1) is 5.41 Å². The highest BCUT2D eigenvalue weighted by Gasteiger charge is 2.36. The number of fused-ring (bicyclic) bond motifs is 3. The standard InChI is InChI=1S/C25H29N3O2S/c1-25(2)13-20-22(21(29)14-25)23-19(10-11-31-23)28(20)16-8-9-17(24(26)30)18(12-16)27-15-6-4-3-5-7-15/h8-12,15,27H,3-7,13-14H2,1-2H3,(H2,26,30). The molecule has 2 aliphatic rings. The first kappa shape index (κ1) is 20.3. The van der Waals surface area contributed by atoms with Gasteiger partial charge in [-0.2, -0.15) is 0 Å². The summed E-state index contributed by atoms with van der Waals surface area (Å²) in [7, 11) is 0. The summed E-state index contributed by atoms with van der Waals surface area (Å²) < 4.78 is 3.29. The lowest BCUT2D eigenvalue weighted by Gasteiger charge is -2.30. The lowest BCUT2D eigenvalue weighted by molar-refractivity contribution is 0.0912. The Balaban J connectivity index is 1.65. The Kier molecular flexibility index (Phi) is 4.93. The minimum absolute atomic E-state index is 0.0708. The maximum atomic E-state index is 13.1.